The molecule has 2 atom stereocenters. The van der Waals surface area contributed by atoms with E-state index in [0.717, 1.165) is 38.5 Å². The molecular weight excluding hydrogens is 248 g/mol. The molecule has 0 radical (unpaired) electrons. The van der Waals surface area contributed by atoms with E-state index in [-0.39, 0.29) is 5.91 Å². The lowest BCUT2D eigenvalue weighted by Crippen LogP contribution is -2.43. The van der Waals surface area contributed by atoms with Crippen molar-refractivity contribution in [2.45, 2.75) is 6.42 Å². The van der Waals surface area contributed by atoms with Crippen LogP contribution < -0.4 is 5.32 Å². The minimum absolute atomic E-state index is 0.0750. The van der Waals surface area contributed by atoms with Gasteiger partial charge in [-0.1, -0.05) is 23.7 Å². The molecular formula is C14H17ClN2O. The van der Waals surface area contributed by atoms with Crippen LogP contribution in [0.3, 0.4) is 0 Å². The van der Waals surface area contributed by atoms with E-state index in [1.807, 2.05) is 23.1 Å². The number of piperidine rings is 1. The van der Waals surface area contributed by atoms with E-state index in [0.29, 0.717) is 16.5 Å². The quantitative estimate of drug-likeness (QED) is 0.842. The number of benzene rings is 1. The number of nitrogens with one attached hydrogen (secondary N) is 1. The third-order valence-electron chi connectivity index (χ3n) is 4.10. The first-order valence-electron chi connectivity index (χ1n) is 6.50. The molecule has 1 N–H and O–H groups in total. The summed E-state index contributed by atoms with van der Waals surface area (Å²) in [5, 5.41) is 3.96. The van der Waals surface area contributed by atoms with Crippen LogP contribution in [-0.2, 0) is 0 Å². The average molecular weight is 265 g/mol. The van der Waals surface area contributed by atoms with Gasteiger partial charge in [0.05, 0.1) is 10.6 Å². The van der Waals surface area contributed by atoms with Crippen LogP contribution in [0.5, 0.6) is 0 Å². The van der Waals surface area contributed by atoms with Crippen molar-refractivity contribution in [3.8, 4) is 0 Å². The number of halogens is 1. The van der Waals surface area contributed by atoms with Crippen LogP contribution in [0.15, 0.2) is 24.3 Å². The summed E-state index contributed by atoms with van der Waals surface area (Å²) in [5.41, 5.74) is 0.628. The SMILES string of the molecule is O=C(c1ccccc1Cl)N1CCC2CNCC2C1. The zero-order valence-electron chi connectivity index (χ0n) is 10.2. The zero-order valence-corrected chi connectivity index (χ0v) is 11.0. The molecule has 0 aliphatic carbocycles. The molecule has 1 aromatic carbocycles. The Kier molecular flexibility index (Phi) is 3.27. The van der Waals surface area contributed by atoms with Crippen molar-refractivity contribution in [1.29, 1.82) is 0 Å². The third kappa shape index (κ3) is 2.13. The van der Waals surface area contributed by atoms with Crippen molar-refractivity contribution in [1.82, 2.24) is 10.2 Å². The molecule has 0 saturated carbocycles. The van der Waals surface area contributed by atoms with E-state index >= 15 is 0 Å². The Morgan fingerprint density at radius 1 is 1.28 bits per heavy atom. The molecule has 0 spiro atoms. The van der Waals surface area contributed by atoms with Gasteiger partial charge in [0.15, 0.2) is 0 Å². The average Bonchev–Trinajstić information content (AvgIpc) is 2.85. The number of carbonyl (C=O) groups is 1. The van der Waals surface area contributed by atoms with Gasteiger partial charge in [-0.05, 0) is 43.5 Å². The molecule has 96 valence electrons. The van der Waals surface area contributed by atoms with Crippen molar-refractivity contribution in [3.05, 3.63) is 34.9 Å². The maximum Gasteiger partial charge on any atom is 0.255 e. The highest BCUT2D eigenvalue weighted by molar-refractivity contribution is 6.33. The summed E-state index contributed by atoms with van der Waals surface area (Å²) in [6.45, 7) is 3.87. The number of rotatable bonds is 1. The lowest BCUT2D eigenvalue weighted by Gasteiger charge is -2.34. The maximum absolute atomic E-state index is 12.4. The van der Waals surface area contributed by atoms with Crippen LogP contribution in [0.25, 0.3) is 0 Å². The molecule has 18 heavy (non-hydrogen) atoms. The molecule has 2 aliphatic rings. The lowest BCUT2D eigenvalue weighted by molar-refractivity contribution is 0.0642. The Morgan fingerprint density at radius 3 is 2.89 bits per heavy atom. The van der Waals surface area contributed by atoms with Gasteiger partial charge >= 0.3 is 0 Å². The van der Waals surface area contributed by atoms with Crippen LogP contribution >= 0.6 is 11.6 Å². The second-order valence-electron chi connectivity index (χ2n) is 5.20. The number of likely N-dealkylation sites (tertiary alicyclic amines) is 1. The summed E-state index contributed by atoms with van der Waals surface area (Å²) in [6, 6.07) is 7.30. The van der Waals surface area contributed by atoms with Crippen LogP contribution in [0.1, 0.15) is 16.8 Å². The van der Waals surface area contributed by atoms with Crippen molar-refractivity contribution < 1.29 is 4.79 Å². The number of hydrogen-bond acceptors (Lipinski definition) is 2. The van der Waals surface area contributed by atoms with Gasteiger partial charge in [0, 0.05) is 13.1 Å². The van der Waals surface area contributed by atoms with Crippen LogP contribution in [0.4, 0.5) is 0 Å². The summed E-state index contributed by atoms with van der Waals surface area (Å²) in [7, 11) is 0. The van der Waals surface area contributed by atoms with Crippen LogP contribution in [0, 0.1) is 11.8 Å². The molecule has 0 bridgehead atoms. The van der Waals surface area contributed by atoms with Gasteiger partial charge in [-0.15, -0.1) is 0 Å². The highest BCUT2D eigenvalue weighted by Crippen LogP contribution is 2.28. The minimum atomic E-state index is 0.0750. The van der Waals surface area contributed by atoms with Gasteiger partial charge in [-0.3, -0.25) is 4.79 Å². The second kappa shape index (κ2) is 4.90. The topological polar surface area (TPSA) is 32.3 Å². The normalized spacial score (nSPS) is 27.1. The van der Waals surface area contributed by atoms with Crippen molar-refractivity contribution in [3.63, 3.8) is 0 Å². The van der Waals surface area contributed by atoms with E-state index in [2.05, 4.69) is 5.32 Å². The van der Waals surface area contributed by atoms with E-state index in [9.17, 15) is 4.79 Å². The Bertz CT molecular complexity index is 463. The number of nitrogens with zero attached hydrogens (tertiary/aromatic N) is 1. The Labute approximate surface area is 112 Å². The van der Waals surface area contributed by atoms with Gasteiger partial charge in [0.1, 0.15) is 0 Å². The molecule has 2 heterocycles. The summed E-state index contributed by atoms with van der Waals surface area (Å²) in [4.78, 5) is 14.4. The van der Waals surface area contributed by atoms with E-state index in [1.165, 1.54) is 0 Å². The third-order valence-corrected chi connectivity index (χ3v) is 4.43. The van der Waals surface area contributed by atoms with Crippen LogP contribution in [0.2, 0.25) is 5.02 Å². The molecule has 1 aromatic rings. The zero-order chi connectivity index (χ0) is 12.5. The maximum atomic E-state index is 12.4. The fourth-order valence-electron chi connectivity index (χ4n) is 3.02. The molecule has 2 saturated heterocycles. The summed E-state index contributed by atoms with van der Waals surface area (Å²) in [6.07, 6.45) is 1.11. The fourth-order valence-corrected chi connectivity index (χ4v) is 3.24. The summed E-state index contributed by atoms with van der Waals surface area (Å²) < 4.78 is 0. The Hall–Kier alpha value is -1.06. The van der Waals surface area contributed by atoms with Crippen molar-refractivity contribution in [2.75, 3.05) is 26.2 Å². The first-order valence-corrected chi connectivity index (χ1v) is 6.88. The lowest BCUT2D eigenvalue weighted by atomic mass is 9.88. The molecule has 2 unspecified atom stereocenters. The predicted octanol–water partition coefficient (Wildman–Crippen LogP) is 2.02. The van der Waals surface area contributed by atoms with Gasteiger partial charge in [0.25, 0.3) is 5.91 Å². The largest absolute Gasteiger partial charge is 0.338 e. The molecule has 2 aliphatic heterocycles. The smallest absolute Gasteiger partial charge is 0.255 e. The van der Waals surface area contributed by atoms with Crippen LogP contribution in [-0.4, -0.2) is 37.0 Å². The minimum Gasteiger partial charge on any atom is -0.338 e. The first-order chi connectivity index (χ1) is 8.75. The summed E-state index contributed by atoms with van der Waals surface area (Å²) in [5.74, 6) is 1.44. The molecule has 3 nitrogen and oxygen atoms in total. The Morgan fingerprint density at radius 2 is 2.06 bits per heavy atom. The fraction of sp³-hybridized carbons (Fsp3) is 0.500. The van der Waals surface area contributed by atoms with Gasteiger partial charge in [-0.25, -0.2) is 0 Å². The Balaban J connectivity index is 1.75. The molecule has 4 heteroatoms. The number of carbonyl (C=O) groups excluding carboxylic acids is 1. The molecule has 0 aromatic heterocycles. The number of hydrogen-bond donors (Lipinski definition) is 1. The molecule has 1 amide bonds. The first kappa shape index (κ1) is 12.0. The second-order valence-corrected chi connectivity index (χ2v) is 5.61. The van der Waals surface area contributed by atoms with E-state index in [1.54, 1.807) is 6.07 Å². The van der Waals surface area contributed by atoms with E-state index in [4.69, 9.17) is 11.6 Å². The molecule has 3 rings (SSSR count). The van der Waals surface area contributed by atoms with Gasteiger partial charge < -0.3 is 10.2 Å². The highest BCUT2D eigenvalue weighted by atomic mass is 35.5. The monoisotopic (exact) mass is 264 g/mol. The number of amides is 1. The van der Waals surface area contributed by atoms with Crippen molar-refractivity contribution in [2.24, 2.45) is 11.8 Å². The number of fused-ring (bicyclic) bond motifs is 1. The van der Waals surface area contributed by atoms with Gasteiger partial charge in [0.2, 0.25) is 0 Å². The van der Waals surface area contributed by atoms with E-state index < -0.39 is 0 Å². The van der Waals surface area contributed by atoms with Gasteiger partial charge in [-0.2, -0.15) is 0 Å². The van der Waals surface area contributed by atoms with Crippen molar-refractivity contribution >= 4 is 17.5 Å². The summed E-state index contributed by atoms with van der Waals surface area (Å²) >= 11 is 6.09. The highest BCUT2D eigenvalue weighted by Gasteiger charge is 2.34. The predicted molar refractivity (Wildman–Crippen MR) is 71.8 cm³/mol. The standard InChI is InChI=1S/C14H17ClN2O/c15-13-4-2-1-3-12(13)14(18)17-6-5-10-7-16-8-11(10)9-17/h1-4,10-11,16H,5-9H2. The molecule has 2 fully saturated rings.